The lowest BCUT2D eigenvalue weighted by atomic mass is 10.4. The predicted octanol–water partition coefficient (Wildman–Crippen LogP) is -0.0666. The maximum absolute atomic E-state index is 11.9. The number of nitrogens with two attached hydrogens (primary N) is 1. The molecule has 1 rings (SSSR count). The van der Waals surface area contributed by atoms with Gasteiger partial charge in [-0.1, -0.05) is 12.2 Å². The van der Waals surface area contributed by atoms with Crippen LogP contribution in [-0.2, 0) is 10.2 Å². The lowest BCUT2D eigenvalue weighted by molar-refractivity contribution is 0.375. The second-order valence-corrected chi connectivity index (χ2v) is 6.47. The summed E-state index contributed by atoms with van der Waals surface area (Å²) >= 11 is 4.75. The van der Waals surface area contributed by atoms with E-state index in [0.717, 1.165) is 12.8 Å². The summed E-state index contributed by atoms with van der Waals surface area (Å²) in [6, 6.07) is 0.145. The lowest BCUT2D eigenvalue weighted by Gasteiger charge is -2.24. The van der Waals surface area contributed by atoms with Crippen LogP contribution in [0.1, 0.15) is 19.3 Å². The normalized spacial score (nSPS) is 17.3. The molecule has 0 radical (unpaired) electrons. The number of hydrogen-bond donors (Lipinski definition) is 1. The maximum Gasteiger partial charge on any atom is 0.281 e. The predicted molar refractivity (Wildman–Crippen MR) is 63.7 cm³/mol. The largest absolute Gasteiger partial charge is 0.393 e. The highest BCUT2D eigenvalue weighted by atomic mass is 32.2. The Hall–Kier alpha value is -0.240. The monoisotopic (exact) mass is 251 g/mol. The molecule has 15 heavy (non-hydrogen) atoms. The third kappa shape index (κ3) is 3.37. The van der Waals surface area contributed by atoms with Crippen LogP contribution in [0.2, 0.25) is 0 Å². The molecule has 0 saturated heterocycles. The van der Waals surface area contributed by atoms with Gasteiger partial charge in [-0.25, -0.2) is 0 Å². The van der Waals surface area contributed by atoms with Gasteiger partial charge in [-0.05, 0) is 12.8 Å². The van der Waals surface area contributed by atoms with Crippen molar-refractivity contribution < 1.29 is 8.42 Å². The minimum atomic E-state index is -3.32. The summed E-state index contributed by atoms with van der Waals surface area (Å²) in [5.74, 6) is 0. The van der Waals surface area contributed by atoms with Crippen LogP contribution in [0, 0.1) is 0 Å². The summed E-state index contributed by atoms with van der Waals surface area (Å²) in [5.41, 5.74) is 5.38. The second-order valence-electron chi connectivity index (χ2n) is 3.85. The van der Waals surface area contributed by atoms with E-state index in [1.54, 1.807) is 0 Å². The van der Waals surface area contributed by atoms with E-state index in [0.29, 0.717) is 18.0 Å². The summed E-state index contributed by atoms with van der Waals surface area (Å²) in [7, 11) is -0.254. The summed E-state index contributed by atoms with van der Waals surface area (Å²) in [5, 5.41) is 0. The van der Waals surface area contributed by atoms with Crippen LogP contribution in [-0.4, -0.2) is 48.7 Å². The summed E-state index contributed by atoms with van der Waals surface area (Å²) in [4.78, 5) is 0.356. The van der Waals surface area contributed by atoms with E-state index in [1.807, 2.05) is 0 Å². The zero-order valence-corrected chi connectivity index (χ0v) is 10.6. The van der Waals surface area contributed by atoms with E-state index in [2.05, 4.69) is 0 Å². The average Bonchev–Trinajstić information content (AvgIpc) is 2.87. The molecule has 0 unspecified atom stereocenters. The summed E-state index contributed by atoms with van der Waals surface area (Å²) in [6.07, 6.45) is 2.31. The van der Waals surface area contributed by atoms with Crippen molar-refractivity contribution in [3.8, 4) is 0 Å². The number of nitrogens with zero attached hydrogens (tertiary/aromatic N) is 2. The molecule has 1 saturated carbocycles. The van der Waals surface area contributed by atoms with Gasteiger partial charge in [-0.15, -0.1) is 0 Å². The number of rotatable bonds is 6. The minimum absolute atomic E-state index is 0.145. The first kappa shape index (κ1) is 12.8. The van der Waals surface area contributed by atoms with Gasteiger partial charge in [0.1, 0.15) is 0 Å². The van der Waals surface area contributed by atoms with Crippen LogP contribution in [0.25, 0.3) is 0 Å². The molecule has 1 fully saturated rings. The SMILES string of the molecule is CN(C)S(=O)(=O)N(CCC(N)=S)C1CC1. The minimum Gasteiger partial charge on any atom is -0.393 e. The molecule has 88 valence electrons. The summed E-state index contributed by atoms with van der Waals surface area (Å²) in [6.45, 7) is 0.389. The maximum atomic E-state index is 11.9. The molecule has 0 aromatic heterocycles. The Kier molecular flexibility index (Phi) is 4.05. The van der Waals surface area contributed by atoms with Crippen molar-refractivity contribution in [2.75, 3.05) is 20.6 Å². The zero-order valence-electron chi connectivity index (χ0n) is 9.01. The van der Waals surface area contributed by atoms with Gasteiger partial charge >= 0.3 is 0 Å². The molecule has 0 aromatic carbocycles. The highest BCUT2D eigenvalue weighted by Crippen LogP contribution is 2.29. The van der Waals surface area contributed by atoms with Crippen LogP contribution in [0.5, 0.6) is 0 Å². The first-order valence-corrected chi connectivity index (χ1v) is 6.64. The van der Waals surface area contributed by atoms with Crippen molar-refractivity contribution in [1.82, 2.24) is 8.61 Å². The van der Waals surface area contributed by atoms with Gasteiger partial charge in [0.15, 0.2) is 0 Å². The molecule has 0 amide bonds. The fraction of sp³-hybridized carbons (Fsp3) is 0.875. The van der Waals surface area contributed by atoms with E-state index >= 15 is 0 Å². The molecule has 0 aromatic rings. The molecule has 0 heterocycles. The molecule has 7 heteroatoms. The van der Waals surface area contributed by atoms with Gasteiger partial charge in [-0.3, -0.25) is 0 Å². The fourth-order valence-electron chi connectivity index (χ4n) is 1.28. The average molecular weight is 251 g/mol. The van der Waals surface area contributed by atoms with E-state index in [4.69, 9.17) is 18.0 Å². The van der Waals surface area contributed by atoms with Gasteiger partial charge in [0.25, 0.3) is 10.2 Å². The van der Waals surface area contributed by atoms with Crippen molar-refractivity contribution in [3.05, 3.63) is 0 Å². The molecule has 0 spiro atoms. The van der Waals surface area contributed by atoms with Gasteiger partial charge in [-0.2, -0.15) is 17.0 Å². The van der Waals surface area contributed by atoms with E-state index in [9.17, 15) is 8.42 Å². The van der Waals surface area contributed by atoms with Crippen LogP contribution < -0.4 is 5.73 Å². The highest BCUT2D eigenvalue weighted by molar-refractivity contribution is 7.86. The van der Waals surface area contributed by atoms with Crippen molar-refractivity contribution in [2.24, 2.45) is 5.73 Å². The van der Waals surface area contributed by atoms with Crippen LogP contribution in [0.4, 0.5) is 0 Å². The quantitative estimate of drug-likeness (QED) is 0.671. The third-order valence-corrected chi connectivity index (χ3v) is 4.49. The molecule has 0 bridgehead atoms. The first-order valence-electron chi connectivity index (χ1n) is 4.83. The Labute approximate surface area is 96.4 Å². The van der Waals surface area contributed by atoms with Gasteiger partial charge < -0.3 is 5.73 Å². The van der Waals surface area contributed by atoms with Crippen LogP contribution in [0.3, 0.4) is 0 Å². The lowest BCUT2D eigenvalue weighted by Crippen LogP contribution is -2.42. The van der Waals surface area contributed by atoms with E-state index < -0.39 is 10.2 Å². The Morgan fingerprint density at radius 3 is 2.33 bits per heavy atom. The Morgan fingerprint density at radius 1 is 1.47 bits per heavy atom. The standard InChI is InChI=1S/C8H17N3O2S2/c1-10(2)15(12,13)11(7-3-4-7)6-5-8(9)14/h7H,3-6H2,1-2H3,(H2,9,14). The number of thiocarbonyl (C=S) groups is 1. The Balaban J connectivity index is 2.69. The van der Waals surface area contributed by atoms with Gasteiger partial charge in [0.05, 0.1) is 4.99 Å². The van der Waals surface area contributed by atoms with Crippen molar-refractivity contribution in [2.45, 2.75) is 25.3 Å². The molecule has 5 nitrogen and oxygen atoms in total. The zero-order chi connectivity index (χ0) is 11.6. The fourth-order valence-corrected chi connectivity index (χ4v) is 2.70. The Bertz CT molecular complexity index is 336. The van der Waals surface area contributed by atoms with Crippen molar-refractivity contribution in [1.29, 1.82) is 0 Å². The van der Waals surface area contributed by atoms with Crippen LogP contribution >= 0.6 is 12.2 Å². The Morgan fingerprint density at radius 2 is 2.00 bits per heavy atom. The molecule has 0 aliphatic heterocycles. The molecule has 1 aliphatic carbocycles. The molecule has 0 atom stereocenters. The van der Waals surface area contributed by atoms with Crippen molar-refractivity contribution in [3.63, 3.8) is 0 Å². The van der Waals surface area contributed by atoms with Crippen LogP contribution in [0.15, 0.2) is 0 Å². The topological polar surface area (TPSA) is 66.6 Å². The van der Waals surface area contributed by atoms with E-state index in [1.165, 1.54) is 22.7 Å². The van der Waals surface area contributed by atoms with Gasteiger partial charge in [0, 0.05) is 33.1 Å². The number of hydrogen-bond acceptors (Lipinski definition) is 3. The third-order valence-electron chi connectivity index (χ3n) is 2.29. The van der Waals surface area contributed by atoms with Gasteiger partial charge in [0.2, 0.25) is 0 Å². The highest BCUT2D eigenvalue weighted by Gasteiger charge is 2.37. The summed E-state index contributed by atoms with van der Waals surface area (Å²) < 4.78 is 26.5. The second kappa shape index (κ2) is 4.73. The molecular formula is C8H17N3O2S2. The molecular weight excluding hydrogens is 234 g/mol. The van der Waals surface area contributed by atoms with E-state index in [-0.39, 0.29) is 6.04 Å². The smallest absolute Gasteiger partial charge is 0.281 e. The van der Waals surface area contributed by atoms with Crippen molar-refractivity contribution >= 4 is 27.4 Å². The first-order chi connectivity index (χ1) is 6.85. The molecule has 2 N–H and O–H groups in total. The molecule has 1 aliphatic rings.